The average molecular weight is 393 g/mol. The predicted octanol–water partition coefficient (Wildman–Crippen LogP) is 4.11. The summed E-state index contributed by atoms with van der Waals surface area (Å²) in [6.45, 7) is -0.110. The number of nitrogens with one attached hydrogen (secondary N) is 1. The largest absolute Gasteiger partial charge is 0.504 e. The maximum atomic E-state index is 12.8. The van der Waals surface area contributed by atoms with E-state index in [1.54, 1.807) is 0 Å². The van der Waals surface area contributed by atoms with E-state index in [2.05, 4.69) is 5.32 Å². The van der Waals surface area contributed by atoms with Gasteiger partial charge in [0.25, 0.3) is 5.91 Å². The number of phenols is 2. The molecule has 1 amide bonds. The van der Waals surface area contributed by atoms with Crippen molar-refractivity contribution in [2.75, 3.05) is 6.54 Å². The predicted molar refractivity (Wildman–Crippen MR) is 82.3 cm³/mol. The summed E-state index contributed by atoms with van der Waals surface area (Å²) in [5.74, 6) is -1.85. The number of halogens is 6. The summed E-state index contributed by atoms with van der Waals surface area (Å²) in [5, 5.41) is 20.8. The number of alkyl halides is 6. The van der Waals surface area contributed by atoms with E-state index in [-0.39, 0.29) is 24.8 Å². The maximum absolute atomic E-state index is 12.8. The Morgan fingerprint density at radius 3 is 1.89 bits per heavy atom. The van der Waals surface area contributed by atoms with E-state index in [0.29, 0.717) is 17.7 Å². The zero-order valence-corrected chi connectivity index (χ0v) is 13.4. The number of carbonyl (C=O) groups is 1. The summed E-state index contributed by atoms with van der Waals surface area (Å²) in [6.07, 6.45) is -9.95. The van der Waals surface area contributed by atoms with Gasteiger partial charge < -0.3 is 15.5 Å². The van der Waals surface area contributed by atoms with Crippen LogP contribution in [0.25, 0.3) is 0 Å². The third-order valence-electron chi connectivity index (χ3n) is 3.59. The SMILES string of the molecule is O=C(NCCc1ccc(O)c(O)c1)c1cc(C(F)(F)F)cc(C(F)(F)F)c1. The van der Waals surface area contributed by atoms with Gasteiger partial charge in [-0.2, -0.15) is 26.3 Å². The highest BCUT2D eigenvalue weighted by Gasteiger charge is 2.37. The molecule has 2 aromatic rings. The van der Waals surface area contributed by atoms with E-state index in [0.717, 1.165) is 0 Å². The molecule has 0 aromatic heterocycles. The van der Waals surface area contributed by atoms with Crippen molar-refractivity contribution in [2.45, 2.75) is 18.8 Å². The molecule has 146 valence electrons. The summed E-state index contributed by atoms with van der Waals surface area (Å²) >= 11 is 0. The van der Waals surface area contributed by atoms with Crippen LogP contribution in [0, 0.1) is 0 Å². The highest BCUT2D eigenvalue weighted by molar-refractivity contribution is 5.94. The molecule has 0 saturated carbocycles. The quantitative estimate of drug-likeness (QED) is 0.541. The first-order valence-electron chi connectivity index (χ1n) is 7.46. The lowest BCUT2D eigenvalue weighted by Crippen LogP contribution is -2.26. The Hall–Kier alpha value is -2.91. The van der Waals surface area contributed by atoms with Gasteiger partial charge in [0.05, 0.1) is 11.1 Å². The number of hydrogen-bond acceptors (Lipinski definition) is 3. The number of amides is 1. The number of carbonyl (C=O) groups excluding carboxylic acids is 1. The highest BCUT2D eigenvalue weighted by atomic mass is 19.4. The molecule has 0 aliphatic heterocycles. The molecule has 0 fully saturated rings. The van der Waals surface area contributed by atoms with Crippen molar-refractivity contribution in [2.24, 2.45) is 0 Å². The minimum Gasteiger partial charge on any atom is -0.504 e. The van der Waals surface area contributed by atoms with Crippen molar-refractivity contribution in [1.82, 2.24) is 5.32 Å². The van der Waals surface area contributed by atoms with E-state index in [4.69, 9.17) is 0 Å². The summed E-state index contributed by atoms with van der Waals surface area (Å²) in [5.41, 5.74) is -3.44. The van der Waals surface area contributed by atoms with Crippen molar-refractivity contribution in [3.8, 4) is 11.5 Å². The van der Waals surface area contributed by atoms with Gasteiger partial charge in [0.15, 0.2) is 11.5 Å². The molecule has 27 heavy (non-hydrogen) atoms. The van der Waals surface area contributed by atoms with Gasteiger partial charge in [-0.15, -0.1) is 0 Å². The Labute approximate surface area is 149 Å². The van der Waals surface area contributed by atoms with E-state index in [9.17, 15) is 41.4 Å². The highest BCUT2D eigenvalue weighted by Crippen LogP contribution is 2.36. The van der Waals surface area contributed by atoms with Gasteiger partial charge in [0.1, 0.15) is 0 Å². The Morgan fingerprint density at radius 2 is 1.41 bits per heavy atom. The van der Waals surface area contributed by atoms with Crippen LogP contribution in [0.4, 0.5) is 26.3 Å². The van der Waals surface area contributed by atoms with E-state index in [1.807, 2.05) is 0 Å². The second kappa shape index (κ2) is 7.37. The zero-order valence-electron chi connectivity index (χ0n) is 13.4. The van der Waals surface area contributed by atoms with Crippen LogP contribution in [-0.2, 0) is 18.8 Å². The molecular weight excluding hydrogens is 380 g/mol. The molecule has 4 nitrogen and oxygen atoms in total. The van der Waals surface area contributed by atoms with Crippen LogP contribution in [0.5, 0.6) is 11.5 Å². The smallest absolute Gasteiger partial charge is 0.416 e. The third kappa shape index (κ3) is 5.28. The number of aromatic hydroxyl groups is 2. The van der Waals surface area contributed by atoms with Crippen LogP contribution in [0.3, 0.4) is 0 Å². The second-order valence-electron chi connectivity index (χ2n) is 5.62. The zero-order chi connectivity index (χ0) is 20.4. The lowest BCUT2D eigenvalue weighted by molar-refractivity contribution is -0.143. The third-order valence-corrected chi connectivity index (χ3v) is 3.59. The molecule has 10 heteroatoms. The summed E-state index contributed by atoms with van der Waals surface area (Å²) in [7, 11) is 0. The van der Waals surface area contributed by atoms with Gasteiger partial charge in [-0.1, -0.05) is 6.07 Å². The Kier molecular flexibility index (Phi) is 5.57. The molecule has 0 unspecified atom stereocenters. The van der Waals surface area contributed by atoms with Crippen molar-refractivity contribution in [3.63, 3.8) is 0 Å². The Morgan fingerprint density at radius 1 is 0.852 bits per heavy atom. The van der Waals surface area contributed by atoms with Gasteiger partial charge in [-0.25, -0.2) is 0 Å². The van der Waals surface area contributed by atoms with Crippen LogP contribution in [0.15, 0.2) is 36.4 Å². The lowest BCUT2D eigenvalue weighted by atomic mass is 10.0. The van der Waals surface area contributed by atoms with Crippen LogP contribution >= 0.6 is 0 Å². The molecule has 0 aliphatic carbocycles. The fraction of sp³-hybridized carbons (Fsp3) is 0.235. The molecule has 2 aromatic carbocycles. The van der Waals surface area contributed by atoms with Crippen molar-refractivity contribution < 1.29 is 41.4 Å². The summed E-state index contributed by atoms with van der Waals surface area (Å²) in [4.78, 5) is 12.0. The Bertz CT molecular complexity index is 813. The molecule has 0 heterocycles. The van der Waals surface area contributed by atoms with E-state index in [1.165, 1.54) is 18.2 Å². The normalized spacial score (nSPS) is 12.1. The average Bonchev–Trinajstić information content (AvgIpc) is 2.56. The summed E-state index contributed by atoms with van der Waals surface area (Å²) in [6, 6.07) is 4.49. The first-order chi connectivity index (χ1) is 12.4. The number of benzene rings is 2. The molecule has 0 radical (unpaired) electrons. The monoisotopic (exact) mass is 393 g/mol. The first kappa shape index (κ1) is 20.4. The topological polar surface area (TPSA) is 69.6 Å². The molecule has 0 aliphatic rings. The van der Waals surface area contributed by atoms with Gasteiger partial charge in [0, 0.05) is 12.1 Å². The van der Waals surface area contributed by atoms with Crippen LogP contribution in [-0.4, -0.2) is 22.7 Å². The first-order valence-corrected chi connectivity index (χ1v) is 7.46. The lowest BCUT2D eigenvalue weighted by Gasteiger charge is -2.14. The van der Waals surface area contributed by atoms with E-state index >= 15 is 0 Å². The standard InChI is InChI=1S/C17H13F6NO3/c18-16(19,20)11-6-10(7-12(8-11)17(21,22)23)15(27)24-4-3-9-1-2-13(25)14(26)5-9/h1-2,5-8,25-26H,3-4H2,(H,24,27). The fourth-order valence-corrected chi connectivity index (χ4v) is 2.23. The molecule has 0 bridgehead atoms. The second-order valence-corrected chi connectivity index (χ2v) is 5.62. The van der Waals surface area contributed by atoms with Crippen LogP contribution in [0.1, 0.15) is 27.0 Å². The molecular formula is C17H13F6NO3. The summed E-state index contributed by atoms with van der Waals surface area (Å²) < 4.78 is 76.8. The van der Waals surface area contributed by atoms with Crippen molar-refractivity contribution >= 4 is 5.91 Å². The van der Waals surface area contributed by atoms with Crippen LogP contribution < -0.4 is 5.32 Å². The van der Waals surface area contributed by atoms with Gasteiger partial charge in [-0.05, 0) is 42.3 Å². The number of rotatable bonds is 4. The van der Waals surface area contributed by atoms with Crippen molar-refractivity contribution in [3.05, 3.63) is 58.7 Å². The molecule has 0 atom stereocenters. The fourth-order valence-electron chi connectivity index (χ4n) is 2.23. The minimum absolute atomic E-state index is 0.0595. The van der Waals surface area contributed by atoms with Gasteiger partial charge in [-0.3, -0.25) is 4.79 Å². The molecule has 0 spiro atoms. The molecule has 3 N–H and O–H groups in total. The van der Waals surface area contributed by atoms with Crippen LogP contribution in [0.2, 0.25) is 0 Å². The van der Waals surface area contributed by atoms with Gasteiger partial charge in [0.2, 0.25) is 0 Å². The molecule has 2 rings (SSSR count). The maximum Gasteiger partial charge on any atom is 0.416 e. The minimum atomic E-state index is -5.04. The molecule has 0 saturated heterocycles. The van der Waals surface area contributed by atoms with E-state index < -0.39 is 40.7 Å². The number of phenolic OH excluding ortho intramolecular Hbond substituents is 2. The van der Waals surface area contributed by atoms with Crippen molar-refractivity contribution in [1.29, 1.82) is 0 Å². The Balaban J connectivity index is 2.16. The van der Waals surface area contributed by atoms with Gasteiger partial charge >= 0.3 is 12.4 Å². The number of hydrogen-bond donors (Lipinski definition) is 3.